The van der Waals surface area contributed by atoms with E-state index in [1.807, 2.05) is 12.1 Å². The summed E-state index contributed by atoms with van der Waals surface area (Å²) < 4.78 is 6.10. The van der Waals surface area contributed by atoms with Gasteiger partial charge in [-0.15, -0.1) is 0 Å². The van der Waals surface area contributed by atoms with Crippen LogP contribution < -0.4 is 4.74 Å². The molecule has 0 spiro atoms. The van der Waals surface area contributed by atoms with Crippen molar-refractivity contribution in [1.29, 1.82) is 0 Å². The summed E-state index contributed by atoms with van der Waals surface area (Å²) in [6.07, 6.45) is 4.95. The lowest BCUT2D eigenvalue weighted by Gasteiger charge is -2.37. The predicted molar refractivity (Wildman–Crippen MR) is 84.2 cm³/mol. The van der Waals surface area contributed by atoms with Crippen LogP contribution in [0.1, 0.15) is 18.9 Å². The molecule has 0 aliphatic carbocycles. The third-order valence-electron chi connectivity index (χ3n) is 4.10. The third kappa shape index (κ3) is 3.82. The Bertz CT molecular complexity index is 544. The van der Waals surface area contributed by atoms with Crippen LogP contribution in [-0.4, -0.2) is 29.1 Å². The first-order chi connectivity index (χ1) is 10.3. The molecule has 2 atom stereocenters. The van der Waals surface area contributed by atoms with Crippen molar-refractivity contribution in [3.05, 3.63) is 60.4 Å². The first kappa shape index (κ1) is 14.1. The second kappa shape index (κ2) is 6.72. The fourth-order valence-corrected chi connectivity index (χ4v) is 2.96. The van der Waals surface area contributed by atoms with Gasteiger partial charge in [0.2, 0.25) is 0 Å². The van der Waals surface area contributed by atoms with E-state index in [0.29, 0.717) is 12.0 Å². The van der Waals surface area contributed by atoms with Crippen LogP contribution >= 0.6 is 0 Å². The second-order valence-electron chi connectivity index (χ2n) is 5.83. The van der Waals surface area contributed by atoms with E-state index in [9.17, 15) is 0 Å². The average Bonchev–Trinajstić information content (AvgIpc) is 2.52. The number of nitrogens with zero attached hydrogens (tertiary/aromatic N) is 2. The van der Waals surface area contributed by atoms with E-state index in [4.69, 9.17) is 4.74 Å². The second-order valence-corrected chi connectivity index (χ2v) is 5.83. The van der Waals surface area contributed by atoms with Crippen LogP contribution in [0, 0.1) is 5.92 Å². The quantitative estimate of drug-likeness (QED) is 0.859. The predicted octanol–water partition coefficient (Wildman–Crippen LogP) is 3.37. The van der Waals surface area contributed by atoms with E-state index in [2.05, 4.69) is 47.1 Å². The van der Waals surface area contributed by atoms with Gasteiger partial charge in [0, 0.05) is 37.9 Å². The van der Waals surface area contributed by atoms with E-state index in [1.165, 1.54) is 5.56 Å². The molecule has 0 unspecified atom stereocenters. The van der Waals surface area contributed by atoms with E-state index in [1.54, 1.807) is 12.4 Å². The maximum Gasteiger partial charge on any atom is 0.122 e. The summed E-state index contributed by atoms with van der Waals surface area (Å²) in [4.78, 5) is 6.55. The zero-order chi connectivity index (χ0) is 14.5. The van der Waals surface area contributed by atoms with Crippen molar-refractivity contribution < 1.29 is 4.74 Å². The van der Waals surface area contributed by atoms with E-state index < -0.39 is 0 Å². The van der Waals surface area contributed by atoms with Gasteiger partial charge < -0.3 is 4.74 Å². The van der Waals surface area contributed by atoms with Crippen LogP contribution in [0.3, 0.4) is 0 Å². The molecule has 110 valence electrons. The highest BCUT2D eigenvalue weighted by molar-refractivity contribution is 5.18. The lowest BCUT2D eigenvalue weighted by atomic mass is 9.96. The van der Waals surface area contributed by atoms with Crippen LogP contribution in [0.4, 0.5) is 0 Å². The number of likely N-dealkylation sites (tertiary alicyclic amines) is 1. The highest BCUT2D eigenvalue weighted by Crippen LogP contribution is 2.23. The smallest absolute Gasteiger partial charge is 0.122 e. The molecule has 1 fully saturated rings. The Balaban J connectivity index is 1.54. The summed E-state index contributed by atoms with van der Waals surface area (Å²) >= 11 is 0. The van der Waals surface area contributed by atoms with Gasteiger partial charge in [-0.1, -0.05) is 37.3 Å². The molecule has 21 heavy (non-hydrogen) atoms. The SMILES string of the molecule is C[C@H]1CN(Cc2ccccc2)CC[C@H]1Oc1ccncc1. The average molecular weight is 282 g/mol. The number of ether oxygens (including phenoxy) is 1. The van der Waals surface area contributed by atoms with Crippen LogP contribution in [0.25, 0.3) is 0 Å². The molecule has 3 heteroatoms. The molecular weight excluding hydrogens is 260 g/mol. The molecule has 0 bridgehead atoms. The van der Waals surface area contributed by atoms with Gasteiger partial charge in [0.25, 0.3) is 0 Å². The number of pyridine rings is 1. The van der Waals surface area contributed by atoms with Crippen molar-refractivity contribution >= 4 is 0 Å². The molecule has 1 aromatic carbocycles. The lowest BCUT2D eigenvalue weighted by Crippen LogP contribution is -2.43. The number of benzene rings is 1. The van der Waals surface area contributed by atoms with Crippen LogP contribution in [0.2, 0.25) is 0 Å². The van der Waals surface area contributed by atoms with Gasteiger partial charge in [-0.2, -0.15) is 0 Å². The Morgan fingerprint density at radius 3 is 2.62 bits per heavy atom. The number of rotatable bonds is 4. The minimum Gasteiger partial charge on any atom is -0.490 e. The molecule has 2 heterocycles. The van der Waals surface area contributed by atoms with Crippen molar-refractivity contribution in [3.63, 3.8) is 0 Å². The van der Waals surface area contributed by atoms with Crippen molar-refractivity contribution in [1.82, 2.24) is 9.88 Å². The molecule has 0 amide bonds. The molecule has 0 N–H and O–H groups in total. The normalized spacial score (nSPS) is 22.9. The van der Waals surface area contributed by atoms with Gasteiger partial charge in [-0.3, -0.25) is 9.88 Å². The molecule has 1 saturated heterocycles. The third-order valence-corrected chi connectivity index (χ3v) is 4.10. The summed E-state index contributed by atoms with van der Waals surface area (Å²) in [5.74, 6) is 1.47. The molecule has 3 rings (SSSR count). The molecule has 1 aliphatic heterocycles. The van der Waals surface area contributed by atoms with Crippen molar-refractivity contribution in [2.45, 2.75) is 26.0 Å². The zero-order valence-electron chi connectivity index (χ0n) is 12.5. The Labute approximate surface area is 126 Å². The van der Waals surface area contributed by atoms with E-state index in [-0.39, 0.29) is 0 Å². The molecular formula is C18H22N2O. The zero-order valence-corrected chi connectivity index (χ0v) is 12.5. The maximum atomic E-state index is 6.10. The first-order valence-electron chi connectivity index (χ1n) is 7.64. The topological polar surface area (TPSA) is 25.4 Å². The van der Waals surface area contributed by atoms with Gasteiger partial charge in [-0.05, 0) is 24.1 Å². The molecule has 2 aromatic rings. The van der Waals surface area contributed by atoms with E-state index >= 15 is 0 Å². The van der Waals surface area contributed by atoms with Gasteiger partial charge in [0.1, 0.15) is 11.9 Å². The minimum atomic E-state index is 0.305. The first-order valence-corrected chi connectivity index (χ1v) is 7.64. The Hall–Kier alpha value is -1.87. The van der Waals surface area contributed by atoms with Crippen LogP contribution in [-0.2, 0) is 6.54 Å². The van der Waals surface area contributed by atoms with Crippen molar-refractivity contribution in [2.24, 2.45) is 5.92 Å². The Kier molecular flexibility index (Phi) is 4.51. The van der Waals surface area contributed by atoms with Crippen molar-refractivity contribution in [3.8, 4) is 5.75 Å². The molecule has 1 aromatic heterocycles. The highest BCUT2D eigenvalue weighted by atomic mass is 16.5. The highest BCUT2D eigenvalue weighted by Gasteiger charge is 2.27. The fourth-order valence-electron chi connectivity index (χ4n) is 2.96. The standard InChI is InChI=1S/C18H22N2O/c1-15-13-20(14-16-5-3-2-4-6-16)12-9-18(15)21-17-7-10-19-11-8-17/h2-8,10-11,15,18H,9,12-14H2,1H3/t15-,18+/m0/s1. The Morgan fingerprint density at radius 1 is 1.14 bits per heavy atom. The fraction of sp³-hybridized carbons (Fsp3) is 0.389. The van der Waals surface area contributed by atoms with Crippen molar-refractivity contribution in [2.75, 3.05) is 13.1 Å². The van der Waals surface area contributed by atoms with Gasteiger partial charge in [0.15, 0.2) is 0 Å². The molecule has 0 radical (unpaired) electrons. The maximum absolute atomic E-state index is 6.10. The summed E-state index contributed by atoms with van der Waals surface area (Å²) in [6, 6.07) is 14.6. The van der Waals surface area contributed by atoms with Crippen LogP contribution in [0.15, 0.2) is 54.9 Å². The molecule has 0 saturated carbocycles. The summed E-state index contributed by atoms with van der Waals surface area (Å²) in [5.41, 5.74) is 1.39. The van der Waals surface area contributed by atoms with E-state index in [0.717, 1.165) is 31.8 Å². The monoisotopic (exact) mass is 282 g/mol. The summed E-state index contributed by atoms with van der Waals surface area (Å²) in [7, 11) is 0. The summed E-state index contributed by atoms with van der Waals surface area (Å²) in [6.45, 7) is 5.50. The number of hydrogen-bond donors (Lipinski definition) is 0. The molecule has 3 nitrogen and oxygen atoms in total. The van der Waals surface area contributed by atoms with Gasteiger partial charge in [-0.25, -0.2) is 0 Å². The minimum absolute atomic E-state index is 0.305. The summed E-state index contributed by atoms with van der Waals surface area (Å²) in [5, 5.41) is 0. The Morgan fingerprint density at radius 2 is 1.90 bits per heavy atom. The number of piperidine rings is 1. The van der Waals surface area contributed by atoms with Crippen LogP contribution in [0.5, 0.6) is 5.75 Å². The van der Waals surface area contributed by atoms with Gasteiger partial charge in [0.05, 0.1) is 0 Å². The van der Waals surface area contributed by atoms with Gasteiger partial charge >= 0.3 is 0 Å². The lowest BCUT2D eigenvalue weighted by molar-refractivity contribution is 0.0490. The number of aromatic nitrogens is 1. The largest absolute Gasteiger partial charge is 0.490 e. The molecule has 1 aliphatic rings. The number of hydrogen-bond acceptors (Lipinski definition) is 3.